The molecule has 1 unspecified atom stereocenters. The van der Waals surface area contributed by atoms with Gasteiger partial charge in [-0.25, -0.2) is 0 Å². The number of hydrogen-bond acceptors (Lipinski definition) is 5. The SMILES string of the molecule is CCc1ccccc1C(=O)NC1CCCCN(Cc2nc(C)no2)C1=O. The highest BCUT2D eigenvalue weighted by Crippen LogP contribution is 2.16. The lowest BCUT2D eigenvalue weighted by molar-refractivity contribution is -0.133. The van der Waals surface area contributed by atoms with Crippen LogP contribution in [0.4, 0.5) is 0 Å². The van der Waals surface area contributed by atoms with Gasteiger partial charge in [0, 0.05) is 12.1 Å². The molecule has 0 spiro atoms. The van der Waals surface area contributed by atoms with E-state index in [1.54, 1.807) is 17.9 Å². The summed E-state index contributed by atoms with van der Waals surface area (Å²) in [6.07, 6.45) is 3.17. The Morgan fingerprint density at radius 1 is 1.35 bits per heavy atom. The fraction of sp³-hybridized carbons (Fsp3) is 0.474. The minimum atomic E-state index is -0.529. The summed E-state index contributed by atoms with van der Waals surface area (Å²) in [6.45, 7) is 4.65. The van der Waals surface area contributed by atoms with Crippen molar-refractivity contribution in [2.45, 2.75) is 52.1 Å². The molecule has 1 aromatic heterocycles. The number of likely N-dealkylation sites (tertiary alicyclic amines) is 1. The molecule has 7 heteroatoms. The Balaban J connectivity index is 1.71. The summed E-state index contributed by atoms with van der Waals surface area (Å²) in [7, 11) is 0. The van der Waals surface area contributed by atoms with E-state index < -0.39 is 6.04 Å². The van der Waals surface area contributed by atoms with E-state index in [0.29, 0.717) is 30.2 Å². The molecule has 1 atom stereocenters. The third kappa shape index (κ3) is 4.09. The maximum absolute atomic E-state index is 12.9. The largest absolute Gasteiger partial charge is 0.340 e. The topological polar surface area (TPSA) is 88.3 Å². The van der Waals surface area contributed by atoms with Gasteiger partial charge in [0.15, 0.2) is 5.82 Å². The van der Waals surface area contributed by atoms with E-state index in [0.717, 1.165) is 24.8 Å². The number of nitrogens with zero attached hydrogens (tertiary/aromatic N) is 3. The molecule has 0 saturated carbocycles. The summed E-state index contributed by atoms with van der Waals surface area (Å²) in [5, 5.41) is 6.69. The highest BCUT2D eigenvalue weighted by atomic mass is 16.5. The van der Waals surface area contributed by atoms with Crippen LogP contribution >= 0.6 is 0 Å². The minimum absolute atomic E-state index is 0.0966. The lowest BCUT2D eigenvalue weighted by Gasteiger charge is -2.23. The lowest BCUT2D eigenvalue weighted by atomic mass is 10.0. The number of amides is 2. The van der Waals surface area contributed by atoms with Gasteiger partial charge in [0.2, 0.25) is 11.8 Å². The van der Waals surface area contributed by atoms with Gasteiger partial charge >= 0.3 is 0 Å². The second-order valence-electron chi connectivity index (χ2n) is 6.53. The summed E-state index contributed by atoms with van der Waals surface area (Å²) < 4.78 is 5.13. The van der Waals surface area contributed by atoms with Gasteiger partial charge in [-0.15, -0.1) is 0 Å². The van der Waals surface area contributed by atoms with E-state index in [9.17, 15) is 9.59 Å². The predicted octanol–water partition coefficient (Wildman–Crippen LogP) is 2.25. The maximum atomic E-state index is 12.9. The third-order valence-electron chi connectivity index (χ3n) is 4.62. The second kappa shape index (κ2) is 8.12. The van der Waals surface area contributed by atoms with Gasteiger partial charge in [-0.2, -0.15) is 4.98 Å². The van der Waals surface area contributed by atoms with Crippen molar-refractivity contribution in [3.63, 3.8) is 0 Å². The molecule has 26 heavy (non-hydrogen) atoms. The van der Waals surface area contributed by atoms with Crippen LogP contribution in [0.1, 0.15) is 53.8 Å². The Morgan fingerprint density at radius 3 is 2.88 bits per heavy atom. The van der Waals surface area contributed by atoms with Crippen LogP contribution in [0.3, 0.4) is 0 Å². The van der Waals surface area contributed by atoms with Crippen molar-refractivity contribution in [2.24, 2.45) is 0 Å². The second-order valence-corrected chi connectivity index (χ2v) is 6.53. The molecule has 0 aliphatic carbocycles. The third-order valence-corrected chi connectivity index (χ3v) is 4.62. The van der Waals surface area contributed by atoms with Crippen LogP contribution in [0.2, 0.25) is 0 Å². The fourth-order valence-corrected chi connectivity index (χ4v) is 3.25. The van der Waals surface area contributed by atoms with Gasteiger partial charge in [0.1, 0.15) is 12.6 Å². The highest BCUT2D eigenvalue weighted by molar-refractivity contribution is 5.98. The van der Waals surface area contributed by atoms with E-state index in [-0.39, 0.29) is 18.4 Å². The molecule has 1 aliphatic heterocycles. The Morgan fingerprint density at radius 2 is 2.15 bits per heavy atom. The molecule has 1 saturated heterocycles. The monoisotopic (exact) mass is 356 g/mol. The number of aromatic nitrogens is 2. The molecule has 1 fully saturated rings. The zero-order valence-corrected chi connectivity index (χ0v) is 15.2. The van der Waals surface area contributed by atoms with Crippen LogP contribution in [0.15, 0.2) is 28.8 Å². The summed E-state index contributed by atoms with van der Waals surface area (Å²) in [5.74, 6) is 0.666. The van der Waals surface area contributed by atoms with Crippen molar-refractivity contribution >= 4 is 11.8 Å². The van der Waals surface area contributed by atoms with Crippen molar-refractivity contribution in [3.8, 4) is 0 Å². The minimum Gasteiger partial charge on any atom is -0.340 e. The van der Waals surface area contributed by atoms with Crippen LogP contribution in [-0.4, -0.2) is 39.4 Å². The van der Waals surface area contributed by atoms with Crippen LogP contribution in [-0.2, 0) is 17.8 Å². The van der Waals surface area contributed by atoms with E-state index >= 15 is 0 Å². The Hall–Kier alpha value is -2.70. The Kier molecular flexibility index (Phi) is 5.65. The summed E-state index contributed by atoms with van der Waals surface area (Å²) in [4.78, 5) is 31.5. The Labute approximate surface area is 152 Å². The first-order valence-electron chi connectivity index (χ1n) is 9.05. The van der Waals surface area contributed by atoms with Crippen LogP contribution in [0, 0.1) is 6.92 Å². The number of carbonyl (C=O) groups is 2. The fourth-order valence-electron chi connectivity index (χ4n) is 3.25. The van der Waals surface area contributed by atoms with Gasteiger partial charge in [0.25, 0.3) is 5.91 Å². The van der Waals surface area contributed by atoms with E-state index in [2.05, 4.69) is 15.5 Å². The number of hydrogen-bond donors (Lipinski definition) is 1. The van der Waals surface area contributed by atoms with Crippen molar-refractivity contribution in [1.29, 1.82) is 0 Å². The first-order valence-corrected chi connectivity index (χ1v) is 9.05. The molecule has 1 aromatic carbocycles. The molecule has 0 bridgehead atoms. The molecule has 2 heterocycles. The number of aryl methyl sites for hydroxylation is 2. The number of rotatable bonds is 5. The van der Waals surface area contributed by atoms with Crippen molar-refractivity contribution in [3.05, 3.63) is 47.1 Å². The zero-order valence-electron chi connectivity index (χ0n) is 15.2. The number of nitrogens with one attached hydrogen (secondary N) is 1. The first-order chi connectivity index (χ1) is 12.6. The number of carbonyl (C=O) groups excluding carboxylic acids is 2. The first kappa shape index (κ1) is 18.1. The standard InChI is InChI=1S/C19H24N4O3/c1-3-14-8-4-5-9-15(14)18(24)21-16-10-6-7-11-23(19(16)25)12-17-20-13(2)22-26-17/h4-5,8-9,16H,3,6-7,10-12H2,1-2H3,(H,21,24). The summed E-state index contributed by atoms with van der Waals surface area (Å²) in [6, 6.07) is 6.97. The molecule has 2 aromatic rings. The van der Waals surface area contributed by atoms with E-state index in [4.69, 9.17) is 4.52 Å². The van der Waals surface area contributed by atoms with Crippen LogP contribution in [0.25, 0.3) is 0 Å². The van der Waals surface area contributed by atoms with Crippen LogP contribution in [0.5, 0.6) is 0 Å². The molecule has 3 rings (SSSR count). The van der Waals surface area contributed by atoms with Gasteiger partial charge in [-0.3, -0.25) is 9.59 Å². The van der Waals surface area contributed by atoms with Crippen molar-refractivity contribution in [2.75, 3.05) is 6.54 Å². The highest BCUT2D eigenvalue weighted by Gasteiger charge is 2.29. The van der Waals surface area contributed by atoms with Crippen molar-refractivity contribution in [1.82, 2.24) is 20.4 Å². The van der Waals surface area contributed by atoms with Crippen LogP contribution < -0.4 is 5.32 Å². The Bertz CT molecular complexity index is 787. The summed E-state index contributed by atoms with van der Waals surface area (Å²) >= 11 is 0. The molecule has 1 N–H and O–H groups in total. The van der Waals surface area contributed by atoms with E-state index in [1.807, 2.05) is 25.1 Å². The normalized spacial score (nSPS) is 17.8. The molecule has 0 radical (unpaired) electrons. The molecule has 1 aliphatic rings. The molecule has 138 valence electrons. The van der Waals surface area contributed by atoms with Gasteiger partial charge in [-0.1, -0.05) is 30.3 Å². The van der Waals surface area contributed by atoms with E-state index in [1.165, 1.54) is 0 Å². The van der Waals surface area contributed by atoms with Gasteiger partial charge in [-0.05, 0) is 44.2 Å². The average molecular weight is 356 g/mol. The lowest BCUT2D eigenvalue weighted by Crippen LogP contribution is -2.47. The zero-order chi connectivity index (χ0) is 18.5. The maximum Gasteiger partial charge on any atom is 0.252 e. The quantitative estimate of drug-likeness (QED) is 0.888. The number of benzene rings is 1. The molecule has 7 nitrogen and oxygen atoms in total. The predicted molar refractivity (Wildman–Crippen MR) is 95.4 cm³/mol. The smallest absolute Gasteiger partial charge is 0.252 e. The van der Waals surface area contributed by atoms with Gasteiger partial charge < -0.3 is 14.7 Å². The average Bonchev–Trinajstić information content (AvgIpc) is 2.99. The molecule has 2 amide bonds. The molecular formula is C19H24N4O3. The van der Waals surface area contributed by atoms with Gasteiger partial charge in [0.05, 0.1) is 0 Å². The van der Waals surface area contributed by atoms with Crippen molar-refractivity contribution < 1.29 is 14.1 Å². The summed E-state index contributed by atoms with van der Waals surface area (Å²) in [5.41, 5.74) is 1.61. The molecular weight excluding hydrogens is 332 g/mol.